The van der Waals surface area contributed by atoms with Crippen LogP contribution in [0.25, 0.3) is 0 Å². The Bertz CT molecular complexity index is 398. The third kappa shape index (κ3) is 1.38. The second kappa shape index (κ2) is 3.27. The van der Waals surface area contributed by atoms with E-state index in [0.717, 1.165) is 11.6 Å². The number of piperidine rings is 1. The van der Waals surface area contributed by atoms with Crippen molar-refractivity contribution in [1.82, 2.24) is 14.9 Å². The minimum absolute atomic E-state index is 0.352. The number of aromatic nitrogens is 2. The number of hydrogen-bond donors (Lipinski definition) is 0. The average Bonchev–Trinajstić information content (AvgIpc) is 2.82. The van der Waals surface area contributed by atoms with Crippen molar-refractivity contribution in [2.75, 3.05) is 13.1 Å². The van der Waals surface area contributed by atoms with Gasteiger partial charge in [0, 0.05) is 36.9 Å². The Labute approximate surface area is 96.9 Å². The number of nitrogens with zero attached hydrogens (tertiary/aromatic N) is 3. The Kier molecular flexibility index (Phi) is 2.08. The van der Waals surface area contributed by atoms with Crippen LogP contribution in [-0.2, 0) is 5.41 Å². The van der Waals surface area contributed by atoms with E-state index in [1.54, 1.807) is 0 Å². The van der Waals surface area contributed by atoms with E-state index >= 15 is 0 Å². The Hall–Kier alpha value is -0.960. The lowest BCUT2D eigenvalue weighted by Gasteiger charge is -2.24. The molecule has 0 aromatic carbocycles. The van der Waals surface area contributed by atoms with Gasteiger partial charge in [0.15, 0.2) is 0 Å². The summed E-state index contributed by atoms with van der Waals surface area (Å²) in [4.78, 5) is 11.5. The Balaban J connectivity index is 1.84. The van der Waals surface area contributed by atoms with Crippen LogP contribution in [-0.4, -0.2) is 34.0 Å². The second-order valence-corrected chi connectivity index (χ2v) is 5.62. The second-order valence-electron chi connectivity index (χ2n) is 5.62. The molecule has 0 N–H and O–H groups in total. The van der Waals surface area contributed by atoms with Gasteiger partial charge in [-0.25, -0.2) is 0 Å². The molecule has 3 nitrogen and oxygen atoms in total. The van der Waals surface area contributed by atoms with Crippen molar-refractivity contribution in [3.63, 3.8) is 0 Å². The van der Waals surface area contributed by atoms with Crippen LogP contribution in [0.4, 0.5) is 0 Å². The summed E-state index contributed by atoms with van der Waals surface area (Å²) in [7, 11) is 0. The molecule has 1 aliphatic carbocycles. The zero-order valence-electron chi connectivity index (χ0n) is 10.3. The summed E-state index contributed by atoms with van der Waals surface area (Å²) in [6.07, 6.45) is 5.20. The maximum Gasteiger partial charge on any atom is 0.0664 e. The molecule has 2 unspecified atom stereocenters. The largest absolute Gasteiger partial charge is 0.300 e. The van der Waals surface area contributed by atoms with Gasteiger partial charge in [0.2, 0.25) is 0 Å². The molecule has 0 radical (unpaired) electrons. The average molecular weight is 217 g/mol. The fourth-order valence-electron chi connectivity index (χ4n) is 2.96. The Morgan fingerprint density at radius 2 is 2.19 bits per heavy atom. The molecule has 1 aromatic heterocycles. The third-order valence-electron chi connectivity index (χ3n) is 4.19. The van der Waals surface area contributed by atoms with E-state index in [0.29, 0.717) is 11.5 Å². The minimum Gasteiger partial charge on any atom is -0.300 e. The van der Waals surface area contributed by atoms with E-state index in [2.05, 4.69) is 28.7 Å². The maximum absolute atomic E-state index is 4.58. The van der Waals surface area contributed by atoms with Gasteiger partial charge in [-0.3, -0.25) is 14.9 Å². The van der Waals surface area contributed by atoms with Crippen LogP contribution in [0, 0.1) is 12.8 Å². The van der Waals surface area contributed by atoms with Gasteiger partial charge in [0.25, 0.3) is 0 Å². The highest BCUT2D eigenvalue weighted by Gasteiger charge is 2.62. The first-order chi connectivity index (χ1) is 7.62. The van der Waals surface area contributed by atoms with E-state index < -0.39 is 0 Å². The van der Waals surface area contributed by atoms with Crippen molar-refractivity contribution in [2.45, 2.75) is 38.6 Å². The molecule has 0 amide bonds. The van der Waals surface area contributed by atoms with E-state index in [9.17, 15) is 0 Å². The van der Waals surface area contributed by atoms with Crippen LogP contribution in [0.1, 0.15) is 31.7 Å². The third-order valence-corrected chi connectivity index (χ3v) is 4.19. The fraction of sp³-hybridized carbons (Fsp3) is 0.692. The summed E-state index contributed by atoms with van der Waals surface area (Å²) in [6.45, 7) is 8.97. The first-order valence-electron chi connectivity index (χ1n) is 6.15. The molecule has 2 aliphatic rings. The summed E-state index contributed by atoms with van der Waals surface area (Å²) in [5.74, 6) is 0.826. The number of hydrogen-bond acceptors (Lipinski definition) is 3. The number of likely N-dealkylation sites (tertiary alicyclic amines) is 1. The van der Waals surface area contributed by atoms with Gasteiger partial charge in [0.1, 0.15) is 0 Å². The van der Waals surface area contributed by atoms with Crippen LogP contribution in [0.5, 0.6) is 0 Å². The van der Waals surface area contributed by atoms with Crippen LogP contribution in [0.3, 0.4) is 0 Å². The Morgan fingerprint density at radius 3 is 2.75 bits per heavy atom. The zero-order valence-corrected chi connectivity index (χ0v) is 10.3. The van der Waals surface area contributed by atoms with E-state index in [1.165, 1.54) is 25.2 Å². The molecule has 1 saturated carbocycles. The van der Waals surface area contributed by atoms with Crippen molar-refractivity contribution in [3.05, 3.63) is 23.8 Å². The predicted molar refractivity (Wildman–Crippen MR) is 63.3 cm³/mol. The van der Waals surface area contributed by atoms with Crippen molar-refractivity contribution in [2.24, 2.45) is 5.92 Å². The van der Waals surface area contributed by atoms with Crippen molar-refractivity contribution in [1.29, 1.82) is 0 Å². The Morgan fingerprint density at radius 1 is 1.38 bits per heavy atom. The molecule has 86 valence electrons. The molecule has 3 rings (SSSR count). The highest BCUT2D eigenvalue weighted by atomic mass is 15.2. The molecule has 0 spiro atoms. The summed E-state index contributed by atoms with van der Waals surface area (Å²) in [6, 6.07) is 0.656. The van der Waals surface area contributed by atoms with Crippen LogP contribution >= 0.6 is 0 Å². The van der Waals surface area contributed by atoms with E-state index in [4.69, 9.17) is 0 Å². The maximum atomic E-state index is 4.58. The van der Waals surface area contributed by atoms with Gasteiger partial charge < -0.3 is 0 Å². The van der Waals surface area contributed by atoms with Crippen molar-refractivity contribution in [3.8, 4) is 0 Å². The minimum atomic E-state index is 0.352. The zero-order chi connectivity index (χ0) is 11.3. The van der Waals surface area contributed by atoms with Gasteiger partial charge in [-0.1, -0.05) is 0 Å². The van der Waals surface area contributed by atoms with Gasteiger partial charge in [0.05, 0.1) is 11.4 Å². The molecule has 1 aromatic rings. The quantitative estimate of drug-likeness (QED) is 0.756. The molecule has 0 bridgehead atoms. The summed E-state index contributed by atoms with van der Waals surface area (Å²) < 4.78 is 0. The highest BCUT2D eigenvalue weighted by Crippen LogP contribution is 2.58. The molecule has 3 heteroatoms. The van der Waals surface area contributed by atoms with E-state index in [-0.39, 0.29) is 0 Å². The topological polar surface area (TPSA) is 29.0 Å². The smallest absolute Gasteiger partial charge is 0.0664 e. The van der Waals surface area contributed by atoms with Gasteiger partial charge in [-0.15, -0.1) is 0 Å². The molecule has 2 atom stereocenters. The highest BCUT2D eigenvalue weighted by molar-refractivity contribution is 5.31. The van der Waals surface area contributed by atoms with Gasteiger partial charge in [-0.05, 0) is 33.1 Å². The number of aryl methyl sites for hydroxylation is 1. The standard InChI is InChI=1S/C13H19N3/c1-9(2)16-7-11-4-13(11,8-16)12-6-14-10(3)5-15-12/h5-6,9,11H,4,7-8H2,1-3H3. The van der Waals surface area contributed by atoms with Gasteiger partial charge >= 0.3 is 0 Å². The molecule has 2 heterocycles. The van der Waals surface area contributed by atoms with Gasteiger partial charge in [-0.2, -0.15) is 0 Å². The molecular weight excluding hydrogens is 198 g/mol. The van der Waals surface area contributed by atoms with Crippen LogP contribution in [0.15, 0.2) is 12.4 Å². The summed E-state index contributed by atoms with van der Waals surface area (Å²) in [5.41, 5.74) is 2.58. The first-order valence-corrected chi connectivity index (χ1v) is 6.15. The molecular formula is C13H19N3. The molecule has 1 aliphatic heterocycles. The van der Waals surface area contributed by atoms with Crippen LogP contribution < -0.4 is 0 Å². The number of fused-ring (bicyclic) bond motifs is 1. The first kappa shape index (κ1) is 10.2. The lowest BCUT2D eigenvalue weighted by atomic mass is 10.0. The van der Waals surface area contributed by atoms with Crippen molar-refractivity contribution < 1.29 is 0 Å². The summed E-state index contributed by atoms with van der Waals surface area (Å²) in [5, 5.41) is 0. The fourth-order valence-corrected chi connectivity index (χ4v) is 2.96. The van der Waals surface area contributed by atoms with E-state index in [1.807, 2.05) is 19.3 Å². The number of rotatable bonds is 2. The molecule has 16 heavy (non-hydrogen) atoms. The SMILES string of the molecule is Cc1cnc(C23CC2CN(C(C)C)C3)cn1. The molecule has 1 saturated heterocycles. The lowest BCUT2D eigenvalue weighted by molar-refractivity contribution is 0.242. The van der Waals surface area contributed by atoms with Crippen LogP contribution in [0.2, 0.25) is 0 Å². The normalized spacial score (nSPS) is 33.1. The predicted octanol–water partition coefficient (Wildman–Crippen LogP) is 1.77. The lowest BCUT2D eigenvalue weighted by Crippen LogP contribution is -2.32. The molecule has 2 fully saturated rings. The monoisotopic (exact) mass is 217 g/mol. The van der Waals surface area contributed by atoms with Crippen molar-refractivity contribution >= 4 is 0 Å². The summed E-state index contributed by atoms with van der Waals surface area (Å²) >= 11 is 0.